The van der Waals surface area contributed by atoms with Crippen molar-refractivity contribution in [2.75, 3.05) is 18.5 Å². The van der Waals surface area contributed by atoms with Gasteiger partial charge in [0.15, 0.2) is 17.0 Å². The predicted molar refractivity (Wildman–Crippen MR) is 87.1 cm³/mol. The van der Waals surface area contributed by atoms with E-state index in [-0.39, 0.29) is 6.10 Å². The van der Waals surface area contributed by atoms with Crippen LogP contribution < -0.4 is 5.32 Å². The van der Waals surface area contributed by atoms with Gasteiger partial charge in [0.05, 0.1) is 6.10 Å². The summed E-state index contributed by atoms with van der Waals surface area (Å²) in [6.45, 7) is 6.73. The first-order chi connectivity index (χ1) is 10.8. The number of nitrogens with zero attached hydrogens (tertiary/aromatic N) is 4. The number of anilines is 1. The molecule has 1 aliphatic heterocycles. The second-order valence-electron chi connectivity index (χ2n) is 6.08. The number of ether oxygens (including phenoxy) is 1. The van der Waals surface area contributed by atoms with Crippen molar-refractivity contribution < 1.29 is 4.74 Å². The molecule has 0 aromatic carbocycles. The lowest BCUT2D eigenvalue weighted by Gasteiger charge is -2.09. The first-order valence-electron chi connectivity index (χ1n) is 8.31. The lowest BCUT2D eigenvalue weighted by Crippen LogP contribution is -2.10. The third-order valence-corrected chi connectivity index (χ3v) is 3.96. The van der Waals surface area contributed by atoms with Crippen molar-refractivity contribution in [2.45, 2.75) is 58.6 Å². The highest BCUT2D eigenvalue weighted by Gasteiger charge is 2.17. The molecule has 0 aliphatic carbocycles. The Hall–Kier alpha value is -1.69. The van der Waals surface area contributed by atoms with Gasteiger partial charge < -0.3 is 14.6 Å². The van der Waals surface area contributed by atoms with Crippen LogP contribution in [0, 0.1) is 0 Å². The molecular formula is C16H25N5O. The minimum Gasteiger partial charge on any atom is -0.379 e. The number of fused-ring (bicyclic) bond motifs is 3. The molecule has 0 bridgehead atoms. The molecule has 0 spiro atoms. The molecule has 2 aromatic rings. The van der Waals surface area contributed by atoms with Crippen molar-refractivity contribution in [1.29, 1.82) is 0 Å². The van der Waals surface area contributed by atoms with Gasteiger partial charge in [-0.1, -0.05) is 6.42 Å². The Bertz CT molecular complexity index is 622. The van der Waals surface area contributed by atoms with E-state index in [2.05, 4.69) is 33.7 Å². The van der Waals surface area contributed by atoms with Gasteiger partial charge in [0.2, 0.25) is 0 Å². The Balaban J connectivity index is 1.71. The van der Waals surface area contributed by atoms with Crippen LogP contribution in [0.1, 0.15) is 45.4 Å². The van der Waals surface area contributed by atoms with Crippen LogP contribution in [0.4, 0.5) is 5.82 Å². The molecule has 0 saturated heterocycles. The van der Waals surface area contributed by atoms with Crippen LogP contribution in [0.15, 0.2) is 6.33 Å². The van der Waals surface area contributed by atoms with Crippen molar-refractivity contribution in [3.63, 3.8) is 0 Å². The van der Waals surface area contributed by atoms with E-state index >= 15 is 0 Å². The van der Waals surface area contributed by atoms with Crippen LogP contribution in [-0.4, -0.2) is 38.8 Å². The number of hydrogen-bond donors (Lipinski definition) is 1. The molecule has 22 heavy (non-hydrogen) atoms. The molecule has 0 amide bonds. The maximum absolute atomic E-state index is 5.55. The van der Waals surface area contributed by atoms with Gasteiger partial charge in [0.1, 0.15) is 12.2 Å². The number of imidazole rings is 1. The van der Waals surface area contributed by atoms with E-state index in [4.69, 9.17) is 9.72 Å². The Morgan fingerprint density at radius 2 is 2.18 bits per heavy atom. The van der Waals surface area contributed by atoms with Crippen molar-refractivity contribution >= 4 is 17.0 Å². The summed E-state index contributed by atoms with van der Waals surface area (Å²) in [7, 11) is 0. The Labute approximate surface area is 131 Å². The largest absolute Gasteiger partial charge is 0.379 e. The summed E-state index contributed by atoms with van der Waals surface area (Å²) >= 11 is 0. The average molecular weight is 303 g/mol. The quantitative estimate of drug-likeness (QED) is 0.831. The average Bonchev–Trinajstić information content (AvgIpc) is 2.70. The molecule has 0 fully saturated rings. The van der Waals surface area contributed by atoms with E-state index in [1.54, 1.807) is 6.33 Å². The minimum absolute atomic E-state index is 0.287. The van der Waals surface area contributed by atoms with Gasteiger partial charge in [-0.25, -0.2) is 15.0 Å². The van der Waals surface area contributed by atoms with Crippen molar-refractivity contribution in [1.82, 2.24) is 19.5 Å². The van der Waals surface area contributed by atoms with E-state index in [9.17, 15) is 0 Å². The fourth-order valence-corrected chi connectivity index (χ4v) is 2.86. The number of aromatic nitrogens is 4. The van der Waals surface area contributed by atoms with Gasteiger partial charge >= 0.3 is 0 Å². The molecule has 0 saturated carbocycles. The zero-order valence-corrected chi connectivity index (χ0v) is 13.5. The maximum atomic E-state index is 5.55. The smallest absolute Gasteiger partial charge is 0.165 e. The number of nitrogens with one attached hydrogen (secondary N) is 1. The van der Waals surface area contributed by atoms with E-state index in [0.29, 0.717) is 0 Å². The minimum atomic E-state index is 0.287. The maximum Gasteiger partial charge on any atom is 0.165 e. The zero-order valence-electron chi connectivity index (χ0n) is 13.5. The summed E-state index contributed by atoms with van der Waals surface area (Å²) in [5.74, 6) is 1.99. The molecule has 6 nitrogen and oxygen atoms in total. The molecular weight excluding hydrogens is 278 g/mol. The van der Waals surface area contributed by atoms with Crippen LogP contribution in [0.3, 0.4) is 0 Å². The lowest BCUT2D eigenvalue weighted by atomic mass is 10.2. The highest BCUT2D eigenvalue weighted by atomic mass is 16.5. The second-order valence-corrected chi connectivity index (χ2v) is 6.08. The van der Waals surface area contributed by atoms with Crippen LogP contribution in [0.25, 0.3) is 11.2 Å². The topological polar surface area (TPSA) is 64.9 Å². The highest BCUT2D eigenvalue weighted by molar-refractivity contribution is 5.83. The summed E-state index contributed by atoms with van der Waals surface area (Å²) in [6.07, 6.45) is 7.61. The van der Waals surface area contributed by atoms with Crippen LogP contribution in [-0.2, 0) is 17.7 Å². The van der Waals surface area contributed by atoms with Gasteiger partial charge in [-0.3, -0.25) is 0 Å². The van der Waals surface area contributed by atoms with E-state index in [0.717, 1.165) is 55.3 Å². The molecule has 1 aliphatic rings. The van der Waals surface area contributed by atoms with Crippen LogP contribution in [0.2, 0.25) is 0 Å². The van der Waals surface area contributed by atoms with Gasteiger partial charge in [0, 0.05) is 26.1 Å². The first kappa shape index (κ1) is 15.2. The van der Waals surface area contributed by atoms with Gasteiger partial charge in [-0.05, 0) is 33.1 Å². The number of hydrogen-bond acceptors (Lipinski definition) is 5. The Morgan fingerprint density at radius 1 is 1.27 bits per heavy atom. The lowest BCUT2D eigenvalue weighted by molar-refractivity contribution is 0.0787. The fourth-order valence-electron chi connectivity index (χ4n) is 2.86. The molecule has 0 unspecified atom stereocenters. The Morgan fingerprint density at radius 3 is 3.05 bits per heavy atom. The standard InChI is InChI=1S/C16H25N5O/c1-12(2)22-10-6-8-17-15-14-16(19-11-18-15)21-9-5-3-4-7-13(21)20-14/h11-12H,3-10H2,1-2H3,(H,17,18,19). The van der Waals surface area contributed by atoms with E-state index < -0.39 is 0 Å². The second kappa shape index (κ2) is 7.05. The molecule has 6 heteroatoms. The van der Waals surface area contributed by atoms with Crippen molar-refractivity contribution in [3.8, 4) is 0 Å². The predicted octanol–water partition coefficient (Wildman–Crippen LogP) is 2.78. The summed E-state index contributed by atoms with van der Waals surface area (Å²) in [6, 6.07) is 0. The third-order valence-electron chi connectivity index (χ3n) is 3.96. The summed E-state index contributed by atoms with van der Waals surface area (Å²) in [4.78, 5) is 13.6. The van der Waals surface area contributed by atoms with Crippen LogP contribution in [0.5, 0.6) is 0 Å². The highest BCUT2D eigenvalue weighted by Crippen LogP contribution is 2.23. The number of rotatable bonds is 6. The van der Waals surface area contributed by atoms with Gasteiger partial charge in [-0.15, -0.1) is 0 Å². The molecule has 0 radical (unpaired) electrons. The molecule has 120 valence electrons. The molecule has 1 N–H and O–H groups in total. The van der Waals surface area contributed by atoms with Gasteiger partial charge in [0.25, 0.3) is 0 Å². The molecule has 0 atom stereocenters. The molecule has 3 heterocycles. The third kappa shape index (κ3) is 3.38. The van der Waals surface area contributed by atoms with E-state index in [1.165, 1.54) is 19.3 Å². The SMILES string of the molecule is CC(C)OCCCNc1ncnc2c1nc1n2CCCCC1. The van der Waals surface area contributed by atoms with Crippen molar-refractivity contribution in [3.05, 3.63) is 12.2 Å². The fraction of sp³-hybridized carbons (Fsp3) is 0.688. The van der Waals surface area contributed by atoms with E-state index in [1.807, 2.05) is 0 Å². The summed E-state index contributed by atoms with van der Waals surface area (Å²) in [5, 5.41) is 3.38. The molecule has 3 rings (SSSR count). The monoisotopic (exact) mass is 303 g/mol. The Kier molecular flexibility index (Phi) is 4.87. The zero-order chi connectivity index (χ0) is 15.4. The van der Waals surface area contributed by atoms with Crippen LogP contribution >= 0.6 is 0 Å². The summed E-state index contributed by atoms with van der Waals surface area (Å²) < 4.78 is 7.82. The normalized spacial score (nSPS) is 15.0. The first-order valence-corrected chi connectivity index (χ1v) is 8.31. The molecule has 2 aromatic heterocycles. The summed E-state index contributed by atoms with van der Waals surface area (Å²) in [5.41, 5.74) is 1.87. The van der Waals surface area contributed by atoms with Crippen molar-refractivity contribution in [2.24, 2.45) is 0 Å². The van der Waals surface area contributed by atoms with Gasteiger partial charge in [-0.2, -0.15) is 0 Å². The number of aryl methyl sites for hydroxylation is 2.